The second kappa shape index (κ2) is 7.78. The van der Waals surface area contributed by atoms with E-state index in [0.717, 1.165) is 25.6 Å². The molecule has 2 N–H and O–H groups in total. The summed E-state index contributed by atoms with van der Waals surface area (Å²) >= 11 is 0. The van der Waals surface area contributed by atoms with Gasteiger partial charge in [-0.15, -0.1) is 0 Å². The van der Waals surface area contributed by atoms with Gasteiger partial charge in [-0.2, -0.15) is 0 Å². The molecule has 1 aromatic rings. The monoisotopic (exact) mass is 316 g/mol. The van der Waals surface area contributed by atoms with Crippen LogP contribution in [0.4, 0.5) is 0 Å². The van der Waals surface area contributed by atoms with Gasteiger partial charge in [0.25, 0.3) is 0 Å². The second-order valence-electron chi connectivity index (χ2n) is 7.78. The van der Waals surface area contributed by atoms with Crippen LogP contribution in [0, 0.1) is 5.92 Å². The van der Waals surface area contributed by atoms with Gasteiger partial charge in [0.05, 0.1) is 6.61 Å². The summed E-state index contributed by atoms with van der Waals surface area (Å²) < 4.78 is 0. The predicted octanol–water partition coefficient (Wildman–Crippen LogP) is 2.79. The Hall–Kier alpha value is -0.900. The van der Waals surface area contributed by atoms with Crippen molar-refractivity contribution in [3.05, 3.63) is 35.9 Å². The fourth-order valence-corrected chi connectivity index (χ4v) is 4.41. The molecule has 3 heteroatoms. The highest BCUT2D eigenvalue weighted by atomic mass is 16.3. The van der Waals surface area contributed by atoms with E-state index in [0.29, 0.717) is 18.1 Å². The van der Waals surface area contributed by atoms with Gasteiger partial charge in [-0.3, -0.25) is 0 Å². The van der Waals surface area contributed by atoms with Crippen LogP contribution in [0.25, 0.3) is 0 Å². The molecule has 3 nitrogen and oxygen atoms in total. The van der Waals surface area contributed by atoms with E-state index in [1.807, 2.05) is 0 Å². The molecule has 0 unspecified atom stereocenters. The lowest BCUT2D eigenvalue weighted by Gasteiger charge is -2.32. The molecular weight excluding hydrogens is 284 g/mol. The van der Waals surface area contributed by atoms with E-state index in [1.54, 1.807) is 0 Å². The van der Waals surface area contributed by atoms with Crippen LogP contribution in [-0.2, 0) is 5.41 Å². The average Bonchev–Trinajstić information content (AvgIpc) is 2.98. The molecule has 2 aliphatic rings. The lowest BCUT2D eigenvalue weighted by Crippen LogP contribution is -2.40. The van der Waals surface area contributed by atoms with E-state index in [4.69, 9.17) is 5.11 Å². The molecule has 23 heavy (non-hydrogen) atoms. The minimum Gasteiger partial charge on any atom is -0.395 e. The highest BCUT2D eigenvalue weighted by molar-refractivity contribution is 5.26. The predicted molar refractivity (Wildman–Crippen MR) is 95.7 cm³/mol. The normalized spacial score (nSPS) is 29.9. The molecule has 0 aromatic heterocycles. The zero-order valence-electron chi connectivity index (χ0n) is 14.5. The van der Waals surface area contributed by atoms with Gasteiger partial charge < -0.3 is 15.3 Å². The number of nitrogens with one attached hydrogen (secondary N) is 1. The number of nitrogens with zero attached hydrogens (tertiary/aromatic N) is 1. The van der Waals surface area contributed by atoms with Gasteiger partial charge >= 0.3 is 0 Å². The van der Waals surface area contributed by atoms with Crippen molar-refractivity contribution in [1.29, 1.82) is 0 Å². The smallest absolute Gasteiger partial charge is 0.0558 e. The van der Waals surface area contributed by atoms with Gasteiger partial charge in [0.2, 0.25) is 0 Å². The Labute approximate surface area is 141 Å². The molecule has 0 spiro atoms. The number of piperidine rings is 1. The molecule has 1 saturated carbocycles. The second-order valence-corrected chi connectivity index (χ2v) is 7.78. The fraction of sp³-hybridized carbons (Fsp3) is 0.700. The molecule has 1 aromatic carbocycles. The molecule has 1 saturated heterocycles. The molecule has 0 amide bonds. The van der Waals surface area contributed by atoms with Crippen molar-refractivity contribution in [1.82, 2.24) is 10.2 Å². The lowest BCUT2D eigenvalue weighted by atomic mass is 9.81. The molecule has 0 radical (unpaired) electrons. The summed E-state index contributed by atoms with van der Waals surface area (Å²) in [5.41, 5.74) is 1.85. The average molecular weight is 316 g/mol. The SMILES string of the molecule is C[C@@]1(c2ccccc2)CC[C@@H](NCC2CCN(CCO)CC2)C1. The molecule has 1 heterocycles. The van der Waals surface area contributed by atoms with Crippen molar-refractivity contribution >= 4 is 0 Å². The summed E-state index contributed by atoms with van der Waals surface area (Å²) in [7, 11) is 0. The number of rotatable bonds is 6. The maximum atomic E-state index is 9.02. The minimum absolute atomic E-state index is 0.295. The maximum absolute atomic E-state index is 9.02. The topological polar surface area (TPSA) is 35.5 Å². The van der Waals surface area contributed by atoms with E-state index in [-0.39, 0.29) is 0 Å². The van der Waals surface area contributed by atoms with Crippen LogP contribution >= 0.6 is 0 Å². The van der Waals surface area contributed by atoms with Gasteiger partial charge in [-0.1, -0.05) is 37.3 Å². The van der Waals surface area contributed by atoms with Crippen molar-refractivity contribution < 1.29 is 5.11 Å². The summed E-state index contributed by atoms with van der Waals surface area (Å²) in [6.07, 6.45) is 6.41. The molecule has 128 valence electrons. The highest BCUT2D eigenvalue weighted by Gasteiger charge is 2.36. The van der Waals surface area contributed by atoms with Crippen molar-refractivity contribution in [2.75, 3.05) is 32.8 Å². The van der Waals surface area contributed by atoms with Gasteiger partial charge in [0.15, 0.2) is 0 Å². The summed E-state index contributed by atoms with van der Waals surface area (Å²) in [5, 5.41) is 12.9. The van der Waals surface area contributed by atoms with Gasteiger partial charge in [0, 0.05) is 12.6 Å². The number of aliphatic hydroxyl groups excluding tert-OH is 1. The zero-order chi connectivity index (χ0) is 16.1. The number of likely N-dealkylation sites (tertiary alicyclic amines) is 1. The van der Waals surface area contributed by atoms with Crippen LogP contribution in [0.15, 0.2) is 30.3 Å². The van der Waals surface area contributed by atoms with Crippen molar-refractivity contribution in [3.8, 4) is 0 Å². The highest BCUT2D eigenvalue weighted by Crippen LogP contribution is 2.40. The largest absolute Gasteiger partial charge is 0.395 e. The first-order chi connectivity index (χ1) is 11.2. The van der Waals surface area contributed by atoms with E-state index in [2.05, 4.69) is 47.5 Å². The third-order valence-corrected chi connectivity index (χ3v) is 6.03. The van der Waals surface area contributed by atoms with E-state index in [1.165, 1.54) is 44.2 Å². The van der Waals surface area contributed by atoms with Crippen LogP contribution in [0.2, 0.25) is 0 Å². The quantitative estimate of drug-likeness (QED) is 0.847. The first kappa shape index (κ1) is 16.9. The van der Waals surface area contributed by atoms with Gasteiger partial charge in [-0.05, 0) is 68.6 Å². The Balaban J connectivity index is 1.43. The molecule has 1 aliphatic carbocycles. The maximum Gasteiger partial charge on any atom is 0.0558 e. The standard InChI is InChI=1S/C20H32N2O/c1-20(18-5-3-2-4-6-18)10-7-19(15-20)21-16-17-8-11-22(12-9-17)13-14-23/h2-6,17,19,21,23H,7-16H2,1H3/t19-,20-/m1/s1. The number of β-amino-alcohol motifs (C(OH)–C–C–N with tert-alkyl or cyclic N) is 1. The Kier molecular flexibility index (Phi) is 5.73. The van der Waals surface area contributed by atoms with Gasteiger partial charge in [0.1, 0.15) is 0 Å². The van der Waals surface area contributed by atoms with Crippen LogP contribution in [0.1, 0.15) is 44.6 Å². The number of aliphatic hydroxyl groups is 1. The van der Waals surface area contributed by atoms with Crippen LogP contribution in [-0.4, -0.2) is 48.8 Å². The van der Waals surface area contributed by atoms with Gasteiger partial charge in [-0.25, -0.2) is 0 Å². The van der Waals surface area contributed by atoms with E-state index < -0.39 is 0 Å². The number of benzene rings is 1. The Bertz CT molecular complexity index is 470. The molecule has 1 aliphatic heterocycles. The first-order valence-corrected chi connectivity index (χ1v) is 9.32. The molecule has 0 bridgehead atoms. The molecule has 2 atom stereocenters. The van der Waals surface area contributed by atoms with E-state index in [9.17, 15) is 0 Å². The summed E-state index contributed by atoms with van der Waals surface area (Å²) in [5.74, 6) is 0.813. The molecular formula is C20H32N2O. The first-order valence-electron chi connectivity index (χ1n) is 9.32. The summed E-state index contributed by atoms with van der Waals surface area (Å²) in [4.78, 5) is 2.39. The number of hydrogen-bond acceptors (Lipinski definition) is 3. The summed E-state index contributed by atoms with van der Waals surface area (Å²) in [6, 6.07) is 11.7. The third kappa shape index (κ3) is 4.34. The fourth-order valence-electron chi connectivity index (χ4n) is 4.41. The van der Waals surface area contributed by atoms with Crippen LogP contribution < -0.4 is 5.32 Å². The van der Waals surface area contributed by atoms with Crippen molar-refractivity contribution in [3.63, 3.8) is 0 Å². The number of hydrogen-bond donors (Lipinski definition) is 2. The Morgan fingerprint density at radius 1 is 1.17 bits per heavy atom. The van der Waals surface area contributed by atoms with Crippen molar-refractivity contribution in [2.24, 2.45) is 5.92 Å². The van der Waals surface area contributed by atoms with E-state index >= 15 is 0 Å². The van der Waals surface area contributed by atoms with Crippen LogP contribution in [0.3, 0.4) is 0 Å². The third-order valence-electron chi connectivity index (χ3n) is 6.03. The van der Waals surface area contributed by atoms with Crippen LogP contribution in [0.5, 0.6) is 0 Å². The molecule has 3 rings (SSSR count). The summed E-state index contributed by atoms with van der Waals surface area (Å²) in [6.45, 7) is 7.04. The lowest BCUT2D eigenvalue weighted by molar-refractivity contribution is 0.145. The Morgan fingerprint density at radius 2 is 1.91 bits per heavy atom. The zero-order valence-corrected chi connectivity index (χ0v) is 14.5. The molecule has 2 fully saturated rings. The minimum atomic E-state index is 0.295. The Morgan fingerprint density at radius 3 is 2.61 bits per heavy atom. The van der Waals surface area contributed by atoms with Crippen molar-refractivity contribution in [2.45, 2.75) is 50.5 Å².